The van der Waals surface area contributed by atoms with Crippen LogP contribution in [0.1, 0.15) is 0 Å². The zero-order chi connectivity index (χ0) is 18.2. The number of fused-ring (bicyclic) bond motifs is 1. The molecule has 132 valence electrons. The van der Waals surface area contributed by atoms with Gasteiger partial charge >= 0.3 is 0 Å². The van der Waals surface area contributed by atoms with E-state index in [1.54, 1.807) is 12.4 Å². The van der Waals surface area contributed by atoms with Crippen molar-refractivity contribution < 1.29 is 0 Å². The normalized spacial score (nSPS) is 11.1. The highest BCUT2D eigenvalue weighted by Crippen LogP contribution is 2.28. The summed E-state index contributed by atoms with van der Waals surface area (Å²) in [6, 6.07) is 7.96. The highest BCUT2D eigenvalue weighted by Gasteiger charge is 2.11. The number of hydrogen-bond donors (Lipinski definition) is 3. The predicted octanol–water partition coefficient (Wildman–Crippen LogP) is 3.57. The number of H-pyrrole nitrogens is 1. The zero-order valence-corrected chi connectivity index (χ0v) is 14.8. The van der Waals surface area contributed by atoms with Crippen LogP contribution in [0.2, 0.25) is 0 Å². The maximum atomic E-state index is 5.75. The first kappa shape index (κ1) is 15.5. The van der Waals surface area contributed by atoms with Crippen LogP contribution in [0.5, 0.6) is 0 Å². The molecule has 4 N–H and O–H groups in total. The number of nitrogens with two attached hydrogens (primary N) is 1. The summed E-state index contributed by atoms with van der Waals surface area (Å²) >= 11 is 1.43. The molecule has 4 heterocycles. The first-order valence-corrected chi connectivity index (χ1v) is 9.05. The molecule has 5 rings (SSSR count). The van der Waals surface area contributed by atoms with Gasteiger partial charge in [-0.3, -0.25) is 9.50 Å². The summed E-state index contributed by atoms with van der Waals surface area (Å²) in [7, 11) is 0. The van der Waals surface area contributed by atoms with Crippen LogP contribution in [0.15, 0.2) is 60.6 Å². The Morgan fingerprint density at radius 2 is 2.11 bits per heavy atom. The molecule has 27 heavy (non-hydrogen) atoms. The molecule has 0 saturated carbocycles. The number of anilines is 3. The predicted molar refractivity (Wildman–Crippen MR) is 106 cm³/mol. The Balaban J connectivity index is 1.52. The van der Waals surface area contributed by atoms with Gasteiger partial charge < -0.3 is 11.1 Å². The van der Waals surface area contributed by atoms with Crippen molar-refractivity contribution in [1.82, 2.24) is 29.5 Å². The van der Waals surface area contributed by atoms with E-state index in [0.29, 0.717) is 10.9 Å². The monoisotopic (exact) mass is 374 g/mol. The highest BCUT2D eigenvalue weighted by atomic mass is 32.1. The molecule has 0 atom stereocenters. The standard InChI is InChI=1S/C18H14N8S/c19-18-25-14(10-27-18)11-2-1-3-13(6-11)24-16-17-21-9-15(12-7-22-23-8-12)26(17)5-4-20-16/h1-10H,(H2,19,25)(H,20,24)(H,22,23). The molecule has 5 aromatic rings. The number of nitrogens with zero attached hydrogens (tertiary/aromatic N) is 5. The number of rotatable bonds is 4. The van der Waals surface area contributed by atoms with Crippen molar-refractivity contribution >= 4 is 33.6 Å². The van der Waals surface area contributed by atoms with Crippen LogP contribution in [-0.4, -0.2) is 29.5 Å². The highest BCUT2D eigenvalue weighted by molar-refractivity contribution is 7.13. The summed E-state index contributed by atoms with van der Waals surface area (Å²) in [6.45, 7) is 0. The molecular weight excluding hydrogens is 360 g/mol. The number of aromatic amines is 1. The fraction of sp³-hybridized carbons (Fsp3) is 0. The van der Waals surface area contributed by atoms with Crippen LogP contribution in [-0.2, 0) is 0 Å². The summed E-state index contributed by atoms with van der Waals surface area (Å²) in [5, 5.41) is 12.7. The Morgan fingerprint density at radius 1 is 1.15 bits per heavy atom. The zero-order valence-electron chi connectivity index (χ0n) is 14.0. The van der Waals surface area contributed by atoms with Crippen molar-refractivity contribution in [3.63, 3.8) is 0 Å². The van der Waals surface area contributed by atoms with E-state index in [0.717, 1.165) is 33.8 Å². The Labute approximate surface area is 157 Å². The maximum absolute atomic E-state index is 5.75. The number of benzene rings is 1. The minimum atomic E-state index is 0.555. The molecule has 0 saturated heterocycles. The number of nitrogens with one attached hydrogen (secondary N) is 2. The molecule has 0 bridgehead atoms. The van der Waals surface area contributed by atoms with E-state index >= 15 is 0 Å². The van der Waals surface area contributed by atoms with Crippen molar-refractivity contribution in [3.05, 3.63) is 60.6 Å². The van der Waals surface area contributed by atoms with Gasteiger partial charge in [-0.1, -0.05) is 12.1 Å². The molecule has 0 aliphatic heterocycles. The third-order valence-corrected chi connectivity index (χ3v) is 4.84. The van der Waals surface area contributed by atoms with Gasteiger partial charge in [0.15, 0.2) is 16.6 Å². The molecule has 0 amide bonds. The van der Waals surface area contributed by atoms with Crippen molar-refractivity contribution in [2.75, 3.05) is 11.1 Å². The summed E-state index contributed by atoms with van der Waals surface area (Å²) in [5.41, 5.74) is 11.1. The van der Waals surface area contributed by atoms with E-state index in [-0.39, 0.29) is 0 Å². The summed E-state index contributed by atoms with van der Waals surface area (Å²) in [5.74, 6) is 0.669. The van der Waals surface area contributed by atoms with Gasteiger partial charge in [-0.15, -0.1) is 11.3 Å². The summed E-state index contributed by atoms with van der Waals surface area (Å²) < 4.78 is 1.98. The lowest BCUT2D eigenvalue weighted by Crippen LogP contribution is -1.98. The fourth-order valence-electron chi connectivity index (χ4n) is 2.93. The van der Waals surface area contributed by atoms with E-state index in [4.69, 9.17) is 5.73 Å². The van der Waals surface area contributed by atoms with E-state index in [9.17, 15) is 0 Å². The lowest BCUT2D eigenvalue weighted by Gasteiger charge is -2.08. The SMILES string of the molecule is Nc1nc(-c2cccc(Nc3nccn4c(-c5cn[nH]c5)cnc34)c2)cs1. The van der Waals surface area contributed by atoms with Gasteiger partial charge in [-0.2, -0.15) is 5.10 Å². The molecule has 4 aromatic heterocycles. The lowest BCUT2D eigenvalue weighted by atomic mass is 10.1. The second-order valence-corrected chi connectivity index (χ2v) is 6.77. The second-order valence-electron chi connectivity index (χ2n) is 5.88. The van der Waals surface area contributed by atoms with Gasteiger partial charge in [-0.05, 0) is 12.1 Å². The van der Waals surface area contributed by atoms with Gasteiger partial charge in [0.2, 0.25) is 0 Å². The van der Waals surface area contributed by atoms with Crippen LogP contribution < -0.4 is 11.1 Å². The number of aromatic nitrogens is 6. The number of nitrogen functional groups attached to an aromatic ring is 1. The van der Waals surface area contributed by atoms with Crippen LogP contribution in [0, 0.1) is 0 Å². The third-order valence-electron chi connectivity index (χ3n) is 4.17. The van der Waals surface area contributed by atoms with Gasteiger partial charge in [0.05, 0.1) is 23.8 Å². The second kappa shape index (κ2) is 6.22. The average molecular weight is 374 g/mol. The minimum absolute atomic E-state index is 0.555. The van der Waals surface area contributed by atoms with Gasteiger partial charge in [0.25, 0.3) is 0 Å². The summed E-state index contributed by atoms with van der Waals surface area (Å²) in [4.78, 5) is 13.3. The lowest BCUT2D eigenvalue weighted by molar-refractivity contribution is 1.09. The van der Waals surface area contributed by atoms with Crippen LogP contribution in [0.25, 0.3) is 28.2 Å². The maximum Gasteiger partial charge on any atom is 0.180 e. The first-order chi connectivity index (χ1) is 13.3. The van der Waals surface area contributed by atoms with Crippen molar-refractivity contribution in [1.29, 1.82) is 0 Å². The van der Waals surface area contributed by atoms with E-state index < -0.39 is 0 Å². The molecule has 8 nitrogen and oxygen atoms in total. The average Bonchev–Trinajstić information content (AvgIpc) is 3.42. The molecule has 0 spiro atoms. The number of imidazole rings is 1. The Kier molecular flexibility index (Phi) is 3.58. The molecule has 0 radical (unpaired) electrons. The van der Waals surface area contributed by atoms with Crippen molar-refractivity contribution in [2.24, 2.45) is 0 Å². The Hall–Kier alpha value is -3.72. The van der Waals surface area contributed by atoms with E-state index in [1.807, 2.05) is 52.6 Å². The molecular formula is C18H14N8S. The smallest absolute Gasteiger partial charge is 0.180 e. The molecule has 9 heteroatoms. The van der Waals surface area contributed by atoms with E-state index in [1.165, 1.54) is 11.3 Å². The number of hydrogen-bond acceptors (Lipinski definition) is 7. The fourth-order valence-corrected chi connectivity index (χ4v) is 3.50. The van der Waals surface area contributed by atoms with Gasteiger partial charge in [-0.25, -0.2) is 15.0 Å². The first-order valence-electron chi connectivity index (χ1n) is 8.17. The number of thiazole rings is 1. The third kappa shape index (κ3) is 2.79. The Bertz CT molecular complexity index is 1220. The Morgan fingerprint density at radius 3 is 2.93 bits per heavy atom. The van der Waals surface area contributed by atoms with Crippen molar-refractivity contribution in [2.45, 2.75) is 0 Å². The van der Waals surface area contributed by atoms with Crippen LogP contribution >= 0.6 is 11.3 Å². The molecule has 0 unspecified atom stereocenters. The van der Waals surface area contributed by atoms with Crippen molar-refractivity contribution in [3.8, 4) is 22.5 Å². The van der Waals surface area contributed by atoms with Gasteiger partial charge in [0.1, 0.15) is 0 Å². The molecule has 1 aromatic carbocycles. The quantitative estimate of drug-likeness (QED) is 0.444. The van der Waals surface area contributed by atoms with Crippen LogP contribution in [0.3, 0.4) is 0 Å². The topological polar surface area (TPSA) is 110 Å². The molecule has 0 aliphatic carbocycles. The largest absolute Gasteiger partial charge is 0.375 e. The molecule has 0 aliphatic rings. The van der Waals surface area contributed by atoms with Gasteiger partial charge in [0, 0.05) is 40.8 Å². The van der Waals surface area contributed by atoms with E-state index in [2.05, 4.69) is 30.5 Å². The summed E-state index contributed by atoms with van der Waals surface area (Å²) in [6.07, 6.45) is 9.03. The minimum Gasteiger partial charge on any atom is -0.375 e. The molecule has 0 fully saturated rings. The van der Waals surface area contributed by atoms with Crippen LogP contribution in [0.4, 0.5) is 16.6 Å².